The van der Waals surface area contributed by atoms with Crippen LogP contribution in [0.25, 0.3) is 10.2 Å². The van der Waals surface area contributed by atoms with Crippen molar-refractivity contribution in [2.45, 2.75) is 32.9 Å². The van der Waals surface area contributed by atoms with Gasteiger partial charge in [0.15, 0.2) is 0 Å². The van der Waals surface area contributed by atoms with Crippen LogP contribution >= 0.6 is 34.5 Å². The Bertz CT molecular complexity index is 1320. The Morgan fingerprint density at radius 3 is 2.35 bits per heavy atom. The van der Waals surface area contributed by atoms with Gasteiger partial charge in [0.1, 0.15) is 6.04 Å². The van der Waals surface area contributed by atoms with Gasteiger partial charge in [-0.25, -0.2) is 8.42 Å². The number of halogens is 2. The van der Waals surface area contributed by atoms with Crippen molar-refractivity contribution in [1.82, 2.24) is 4.57 Å². The van der Waals surface area contributed by atoms with E-state index in [0.717, 1.165) is 32.1 Å². The molecule has 0 saturated heterocycles. The van der Waals surface area contributed by atoms with Gasteiger partial charge in [0.05, 0.1) is 32.2 Å². The van der Waals surface area contributed by atoms with Gasteiger partial charge in [-0.05, 0) is 57.2 Å². The second-order valence-corrected chi connectivity index (χ2v) is 11.0. The van der Waals surface area contributed by atoms with E-state index in [4.69, 9.17) is 23.2 Å². The van der Waals surface area contributed by atoms with Gasteiger partial charge in [-0.2, -0.15) is 0 Å². The summed E-state index contributed by atoms with van der Waals surface area (Å²) in [4.78, 5) is 25.1. The molecule has 0 bridgehead atoms. The van der Waals surface area contributed by atoms with E-state index in [1.807, 2.05) is 13.8 Å². The fourth-order valence-electron chi connectivity index (χ4n) is 3.28. The second kappa shape index (κ2) is 8.82. The molecule has 11 heteroatoms. The molecule has 31 heavy (non-hydrogen) atoms. The molecule has 0 saturated carbocycles. The predicted molar refractivity (Wildman–Crippen MR) is 128 cm³/mol. The van der Waals surface area contributed by atoms with Crippen molar-refractivity contribution in [2.24, 2.45) is 0 Å². The fraction of sp³-hybridized carbons (Fsp3) is 0.300. The highest BCUT2D eigenvalue weighted by atomic mass is 35.5. The van der Waals surface area contributed by atoms with Crippen LogP contribution in [0.1, 0.15) is 26.8 Å². The molecule has 1 N–H and O–H groups in total. The summed E-state index contributed by atoms with van der Waals surface area (Å²) < 4.78 is 28.3. The van der Waals surface area contributed by atoms with Crippen molar-refractivity contribution < 1.29 is 13.2 Å². The molecule has 2 aromatic carbocycles. The lowest BCUT2D eigenvalue weighted by molar-refractivity contribution is -0.116. The highest BCUT2D eigenvalue weighted by Crippen LogP contribution is 2.30. The van der Waals surface area contributed by atoms with Gasteiger partial charge in [0.25, 0.3) is 0 Å². The van der Waals surface area contributed by atoms with Crippen LogP contribution in [0.5, 0.6) is 0 Å². The van der Waals surface area contributed by atoms with Crippen LogP contribution in [0.3, 0.4) is 0 Å². The molecule has 3 aromatic rings. The van der Waals surface area contributed by atoms with E-state index in [1.54, 1.807) is 22.8 Å². The largest absolute Gasteiger partial charge is 0.324 e. The van der Waals surface area contributed by atoms with Crippen molar-refractivity contribution in [3.8, 4) is 0 Å². The Labute approximate surface area is 194 Å². The maximum absolute atomic E-state index is 12.9. The Morgan fingerprint density at radius 1 is 1.10 bits per heavy atom. The quantitative estimate of drug-likeness (QED) is 0.527. The molecular weight excluding hydrogens is 481 g/mol. The number of benzene rings is 2. The summed E-state index contributed by atoms with van der Waals surface area (Å²) in [5.41, 5.74) is 1.47. The first kappa shape index (κ1) is 23.6. The van der Waals surface area contributed by atoms with Crippen molar-refractivity contribution in [2.75, 3.05) is 15.9 Å². The number of carbonyl (C=O) groups is 1. The molecule has 1 heterocycles. The Morgan fingerprint density at radius 2 is 1.77 bits per heavy atom. The van der Waals surface area contributed by atoms with Gasteiger partial charge >= 0.3 is 4.87 Å². The highest BCUT2D eigenvalue weighted by Gasteiger charge is 2.29. The molecule has 1 amide bonds. The van der Waals surface area contributed by atoms with Crippen molar-refractivity contribution in [3.63, 3.8) is 0 Å². The van der Waals surface area contributed by atoms with E-state index in [2.05, 4.69) is 5.32 Å². The van der Waals surface area contributed by atoms with Crippen LogP contribution < -0.4 is 14.5 Å². The number of anilines is 2. The minimum Gasteiger partial charge on any atom is -0.324 e. The summed E-state index contributed by atoms with van der Waals surface area (Å²) in [5.74, 6) is -0.536. The molecule has 0 aliphatic heterocycles. The van der Waals surface area contributed by atoms with Gasteiger partial charge in [0.2, 0.25) is 15.9 Å². The third kappa shape index (κ3) is 4.90. The molecule has 1 aromatic heterocycles. The number of carbonyl (C=O) groups excluding carboxylic acids is 1. The number of thiazole rings is 1. The van der Waals surface area contributed by atoms with E-state index in [-0.39, 0.29) is 26.6 Å². The lowest BCUT2D eigenvalue weighted by atomic mass is 10.2. The summed E-state index contributed by atoms with van der Waals surface area (Å²) in [7, 11) is -3.80. The lowest BCUT2D eigenvalue weighted by Crippen LogP contribution is -2.45. The molecule has 7 nitrogen and oxygen atoms in total. The Kier molecular flexibility index (Phi) is 6.71. The van der Waals surface area contributed by atoms with Crippen LogP contribution in [0, 0.1) is 0 Å². The van der Waals surface area contributed by atoms with Gasteiger partial charge in [-0.15, -0.1) is 0 Å². The molecule has 0 radical (unpaired) electrons. The van der Waals surface area contributed by atoms with E-state index >= 15 is 0 Å². The Hall–Kier alpha value is -2.07. The fourth-order valence-corrected chi connectivity index (χ4v) is 5.79. The van der Waals surface area contributed by atoms with Gasteiger partial charge in [-0.3, -0.25) is 18.5 Å². The number of nitrogens with zero attached hydrogens (tertiary/aromatic N) is 2. The van der Waals surface area contributed by atoms with Crippen LogP contribution in [-0.4, -0.2) is 31.2 Å². The van der Waals surface area contributed by atoms with Crippen molar-refractivity contribution >= 4 is 72.1 Å². The SMILES string of the molecule is CC(C(=O)Nc1ccc2c(c1)sc(=O)n2C(C)C)N(c1ccc(Cl)c(Cl)c1)S(C)(=O)=O. The predicted octanol–water partition coefficient (Wildman–Crippen LogP) is 4.74. The zero-order valence-electron chi connectivity index (χ0n) is 17.2. The zero-order valence-corrected chi connectivity index (χ0v) is 20.4. The summed E-state index contributed by atoms with van der Waals surface area (Å²) in [6.45, 7) is 5.33. The third-order valence-electron chi connectivity index (χ3n) is 4.64. The van der Waals surface area contributed by atoms with Crippen molar-refractivity contribution in [3.05, 3.63) is 56.1 Å². The standard InChI is InChI=1S/C20H21Cl2N3O4S2/c1-11(2)24-17-8-5-13(9-18(17)30-20(24)27)23-19(26)12(3)25(31(4,28)29)14-6-7-15(21)16(22)10-14/h5-12H,1-4H3,(H,23,26). The number of fused-ring (bicyclic) bond motifs is 1. The number of sulfonamides is 1. The molecule has 0 aliphatic rings. The van der Waals surface area contributed by atoms with Gasteiger partial charge in [-0.1, -0.05) is 34.5 Å². The maximum Gasteiger partial charge on any atom is 0.308 e. The smallest absolute Gasteiger partial charge is 0.308 e. The minimum absolute atomic E-state index is 0.0104. The van der Waals surface area contributed by atoms with Crippen LogP contribution in [0.2, 0.25) is 10.0 Å². The monoisotopic (exact) mass is 501 g/mol. The number of nitrogens with one attached hydrogen (secondary N) is 1. The molecule has 1 unspecified atom stereocenters. The molecule has 3 rings (SSSR count). The Balaban J connectivity index is 1.92. The number of rotatable bonds is 6. The first-order valence-corrected chi connectivity index (χ1v) is 12.7. The topological polar surface area (TPSA) is 88.5 Å². The van der Waals surface area contributed by atoms with E-state index in [0.29, 0.717) is 5.69 Å². The first-order valence-electron chi connectivity index (χ1n) is 9.30. The van der Waals surface area contributed by atoms with Crippen LogP contribution in [0.15, 0.2) is 41.2 Å². The van der Waals surface area contributed by atoms with E-state index < -0.39 is 22.0 Å². The number of amides is 1. The maximum atomic E-state index is 12.9. The van der Waals surface area contributed by atoms with E-state index in [1.165, 1.54) is 25.1 Å². The molecule has 0 spiro atoms. The molecular formula is C20H21Cl2N3O4S2. The molecule has 166 valence electrons. The second-order valence-electron chi connectivity index (χ2n) is 7.34. The zero-order chi connectivity index (χ0) is 23.1. The molecule has 0 aliphatic carbocycles. The third-order valence-corrected chi connectivity index (χ3v) is 7.54. The van der Waals surface area contributed by atoms with Gasteiger partial charge in [0, 0.05) is 11.7 Å². The molecule has 0 fully saturated rings. The minimum atomic E-state index is -3.80. The number of aromatic nitrogens is 1. The number of hydrogen-bond acceptors (Lipinski definition) is 5. The summed E-state index contributed by atoms with van der Waals surface area (Å²) in [5, 5.41) is 3.18. The van der Waals surface area contributed by atoms with Crippen molar-refractivity contribution in [1.29, 1.82) is 0 Å². The van der Waals surface area contributed by atoms with E-state index in [9.17, 15) is 18.0 Å². The van der Waals surface area contributed by atoms with Crippen LogP contribution in [0.4, 0.5) is 11.4 Å². The lowest BCUT2D eigenvalue weighted by Gasteiger charge is -2.28. The normalized spacial score (nSPS) is 12.9. The average molecular weight is 502 g/mol. The summed E-state index contributed by atoms with van der Waals surface area (Å²) in [6, 6.07) is 8.44. The average Bonchev–Trinajstić information content (AvgIpc) is 2.98. The van der Waals surface area contributed by atoms with Crippen LogP contribution in [-0.2, 0) is 14.8 Å². The molecule has 1 atom stereocenters. The summed E-state index contributed by atoms with van der Waals surface area (Å²) >= 11 is 13.1. The first-order chi connectivity index (χ1) is 14.4. The highest BCUT2D eigenvalue weighted by molar-refractivity contribution is 7.92. The summed E-state index contributed by atoms with van der Waals surface area (Å²) in [6.07, 6.45) is 1.01. The number of hydrogen-bond donors (Lipinski definition) is 1. The van der Waals surface area contributed by atoms with Gasteiger partial charge < -0.3 is 5.32 Å².